The summed E-state index contributed by atoms with van der Waals surface area (Å²) in [5, 5.41) is 3.01. The van der Waals surface area contributed by atoms with Crippen molar-refractivity contribution < 1.29 is 9.59 Å². The number of hydrogen-bond acceptors (Lipinski definition) is 3. The molecule has 1 N–H and O–H groups in total. The number of amides is 2. The van der Waals surface area contributed by atoms with E-state index in [1.807, 2.05) is 4.90 Å². The van der Waals surface area contributed by atoms with Crippen LogP contribution in [0.4, 0.5) is 0 Å². The molecule has 0 radical (unpaired) electrons. The van der Waals surface area contributed by atoms with Crippen molar-refractivity contribution >= 4 is 11.8 Å². The Balaban J connectivity index is 1.27. The molecule has 32 heavy (non-hydrogen) atoms. The number of nitrogens with one attached hydrogen (secondary N) is 1. The maximum absolute atomic E-state index is 13.0. The van der Waals surface area contributed by atoms with Crippen molar-refractivity contribution in [2.24, 2.45) is 23.2 Å². The predicted octanol–water partition coefficient (Wildman–Crippen LogP) is 4.25. The fraction of sp³-hybridized carbons (Fsp3) is 0.704. The van der Waals surface area contributed by atoms with Crippen LogP contribution >= 0.6 is 0 Å². The molecule has 3 fully saturated rings. The van der Waals surface area contributed by atoms with Gasteiger partial charge in [0.05, 0.1) is 6.54 Å². The van der Waals surface area contributed by atoms with E-state index < -0.39 is 0 Å². The number of piperazine rings is 1. The largest absolute Gasteiger partial charge is 0.347 e. The fourth-order valence-corrected chi connectivity index (χ4v) is 6.34. The Morgan fingerprint density at radius 1 is 1.06 bits per heavy atom. The molecule has 5 atom stereocenters. The molecule has 2 saturated carbocycles. The standard InChI is InChI=1S/C27H41N3O2/c1-4-8-24(21-9-6-5-7-10-21)29-11-13-30(14-12-29)25(31)19-28-26(32)27(3)17-20(2)15-22-16-23(22)18-27/h5-7,9-10,20,22-24H,4,8,11-19H2,1-3H3,(H,28,32). The highest BCUT2D eigenvalue weighted by atomic mass is 16.2. The summed E-state index contributed by atoms with van der Waals surface area (Å²) in [5.74, 6) is 2.29. The molecular weight excluding hydrogens is 398 g/mol. The van der Waals surface area contributed by atoms with Crippen LogP contribution in [0.2, 0.25) is 0 Å². The first-order valence-electron chi connectivity index (χ1n) is 12.7. The third kappa shape index (κ3) is 5.36. The molecule has 4 rings (SSSR count). The van der Waals surface area contributed by atoms with Gasteiger partial charge in [-0.25, -0.2) is 0 Å². The minimum atomic E-state index is -0.322. The van der Waals surface area contributed by atoms with E-state index in [1.165, 1.54) is 18.4 Å². The molecule has 1 aromatic rings. The highest BCUT2D eigenvalue weighted by Gasteiger charge is 2.49. The van der Waals surface area contributed by atoms with Gasteiger partial charge in [0.25, 0.3) is 0 Å². The molecule has 0 bridgehead atoms. The number of hydrogen-bond donors (Lipinski definition) is 1. The molecule has 5 nitrogen and oxygen atoms in total. The zero-order valence-corrected chi connectivity index (χ0v) is 20.2. The van der Waals surface area contributed by atoms with E-state index in [4.69, 9.17) is 0 Å². The molecule has 0 aromatic heterocycles. The van der Waals surface area contributed by atoms with E-state index >= 15 is 0 Å². The minimum absolute atomic E-state index is 0.0549. The molecule has 5 unspecified atom stereocenters. The summed E-state index contributed by atoms with van der Waals surface area (Å²) in [6.45, 7) is 10.00. The van der Waals surface area contributed by atoms with E-state index in [2.05, 4.69) is 61.3 Å². The summed E-state index contributed by atoms with van der Waals surface area (Å²) in [6, 6.07) is 11.1. The molecule has 2 aliphatic carbocycles. The van der Waals surface area contributed by atoms with Crippen LogP contribution in [0.5, 0.6) is 0 Å². The highest BCUT2D eigenvalue weighted by Crippen LogP contribution is 2.55. The van der Waals surface area contributed by atoms with Gasteiger partial charge in [0, 0.05) is 37.6 Å². The van der Waals surface area contributed by atoms with Crippen LogP contribution < -0.4 is 5.32 Å². The van der Waals surface area contributed by atoms with Crippen molar-refractivity contribution in [3.63, 3.8) is 0 Å². The molecule has 1 saturated heterocycles. The molecule has 5 heteroatoms. The van der Waals surface area contributed by atoms with Gasteiger partial charge in [0.2, 0.25) is 11.8 Å². The molecular formula is C27H41N3O2. The van der Waals surface area contributed by atoms with Crippen molar-refractivity contribution in [2.45, 2.75) is 65.3 Å². The zero-order valence-electron chi connectivity index (χ0n) is 20.2. The Bertz CT molecular complexity index is 785. The summed E-state index contributed by atoms with van der Waals surface area (Å²) in [4.78, 5) is 30.4. The van der Waals surface area contributed by atoms with Gasteiger partial charge in [0.1, 0.15) is 0 Å². The highest BCUT2D eigenvalue weighted by molar-refractivity contribution is 5.87. The Morgan fingerprint density at radius 3 is 2.47 bits per heavy atom. The molecule has 176 valence electrons. The van der Waals surface area contributed by atoms with E-state index in [0.29, 0.717) is 12.0 Å². The minimum Gasteiger partial charge on any atom is -0.347 e. The van der Waals surface area contributed by atoms with Gasteiger partial charge in [-0.15, -0.1) is 0 Å². The van der Waals surface area contributed by atoms with E-state index in [-0.39, 0.29) is 23.8 Å². The van der Waals surface area contributed by atoms with Crippen LogP contribution in [0.15, 0.2) is 30.3 Å². The average Bonchev–Trinajstić information content (AvgIpc) is 3.53. The molecule has 1 aliphatic heterocycles. The van der Waals surface area contributed by atoms with Gasteiger partial charge in [-0.3, -0.25) is 14.5 Å². The lowest BCUT2D eigenvalue weighted by atomic mass is 9.77. The Kier molecular flexibility index (Phi) is 7.24. The van der Waals surface area contributed by atoms with Gasteiger partial charge in [-0.1, -0.05) is 57.5 Å². The van der Waals surface area contributed by atoms with Crippen molar-refractivity contribution in [3.05, 3.63) is 35.9 Å². The first-order chi connectivity index (χ1) is 15.4. The van der Waals surface area contributed by atoms with Crippen molar-refractivity contribution in [1.29, 1.82) is 0 Å². The van der Waals surface area contributed by atoms with Crippen LogP contribution in [0.25, 0.3) is 0 Å². The smallest absolute Gasteiger partial charge is 0.242 e. The quantitative estimate of drug-likeness (QED) is 0.691. The summed E-state index contributed by atoms with van der Waals surface area (Å²) in [6.07, 6.45) is 6.75. The van der Waals surface area contributed by atoms with Gasteiger partial charge in [-0.05, 0) is 55.4 Å². The number of rotatable bonds is 7. The summed E-state index contributed by atoms with van der Waals surface area (Å²) in [7, 11) is 0. The molecule has 2 amide bonds. The molecule has 1 heterocycles. The second-order valence-electron chi connectivity index (χ2n) is 10.9. The maximum Gasteiger partial charge on any atom is 0.242 e. The lowest BCUT2D eigenvalue weighted by molar-refractivity contribution is -0.138. The topological polar surface area (TPSA) is 52.6 Å². The van der Waals surface area contributed by atoms with Crippen molar-refractivity contribution in [1.82, 2.24) is 15.1 Å². The number of fused-ring (bicyclic) bond motifs is 1. The van der Waals surface area contributed by atoms with E-state index in [0.717, 1.165) is 63.7 Å². The molecule has 1 aromatic carbocycles. The van der Waals surface area contributed by atoms with E-state index in [9.17, 15) is 9.59 Å². The summed E-state index contributed by atoms with van der Waals surface area (Å²) < 4.78 is 0. The first-order valence-corrected chi connectivity index (χ1v) is 12.7. The average molecular weight is 440 g/mol. The Hall–Kier alpha value is -1.88. The molecule has 0 spiro atoms. The lowest BCUT2D eigenvalue weighted by Gasteiger charge is -2.39. The monoisotopic (exact) mass is 439 g/mol. The van der Waals surface area contributed by atoms with Crippen molar-refractivity contribution in [2.75, 3.05) is 32.7 Å². The van der Waals surface area contributed by atoms with Crippen molar-refractivity contribution in [3.8, 4) is 0 Å². The van der Waals surface area contributed by atoms with Gasteiger partial charge in [-0.2, -0.15) is 0 Å². The summed E-state index contributed by atoms with van der Waals surface area (Å²) in [5.41, 5.74) is 1.04. The normalized spacial score (nSPS) is 31.3. The SMILES string of the molecule is CCCC(c1ccccc1)N1CCN(C(=O)CNC(=O)C2(C)CC(C)CC3CC3C2)CC1. The first kappa shape index (κ1) is 23.3. The number of nitrogens with zero attached hydrogens (tertiary/aromatic N) is 2. The van der Waals surface area contributed by atoms with Crippen LogP contribution in [0.1, 0.15) is 70.9 Å². The van der Waals surface area contributed by atoms with Crippen LogP contribution in [0, 0.1) is 23.2 Å². The third-order valence-electron chi connectivity index (χ3n) is 8.09. The maximum atomic E-state index is 13.0. The molecule has 3 aliphatic rings. The Morgan fingerprint density at radius 2 is 1.78 bits per heavy atom. The number of carbonyl (C=O) groups excluding carboxylic acids is 2. The van der Waals surface area contributed by atoms with Crippen LogP contribution in [-0.2, 0) is 9.59 Å². The van der Waals surface area contributed by atoms with Gasteiger partial charge >= 0.3 is 0 Å². The lowest BCUT2D eigenvalue weighted by Crippen LogP contribution is -2.52. The second-order valence-corrected chi connectivity index (χ2v) is 10.9. The van der Waals surface area contributed by atoms with Crippen LogP contribution in [0.3, 0.4) is 0 Å². The van der Waals surface area contributed by atoms with Gasteiger partial charge in [0.15, 0.2) is 0 Å². The predicted molar refractivity (Wildman–Crippen MR) is 128 cm³/mol. The fourth-order valence-electron chi connectivity index (χ4n) is 6.34. The second kappa shape index (κ2) is 9.94. The summed E-state index contributed by atoms with van der Waals surface area (Å²) >= 11 is 0. The number of carbonyl (C=O) groups is 2. The van der Waals surface area contributed by atoms with E-state index in [1.54, 1.807) is 0 Å². The van der Waals surface area contributed by atoms with Gasteiger partial charge < -0.3 is 10.2 Å². The zero-order chi connectivity index (χ0) is 22.7. The third-order valence-corrected chi connectivity index (χ3v) is 8.09. The Labute approximate surface area is 193 Å². The van der Waals surface area contributed by atoms with Crippen LogP contribution in [-0.4, -0.2) is 54.3 Å². The number of benzene rings is 1.